The van der Waals surface area contributed by atoms with Crippen LogP contribution in [0.5, 0.6) is 0 Å². The van der Waals surface area contributed by atoms with Crippen molar-refractivity contribution in [2.45, 2.75) is 59.0 Å². The quantitative estimate of drug-likeness (QED) is 0.557. The molecule has 1 fully saturated rings. The van der Waals surface area contributed by atoms with E-state index in [-0.39, 0.29) is 5.41 Å². The number of nitrogens with one attached hydrogen (secondary N) is 2. The van der Waals surface area contributed by atoms with Gasteiger partial charge in [0.1, 0.15) is 5.52 Å². The Morgan fingerprint density at radius 2 is 1.91 bits per heavy atom. The van der Waals surface area contributed by atoms with Crippen LogP contribution in [-0.4, -0.2) is 50.2 Å². The topological polar surface area (TPSA) is 74.1 Å². The van der Waals surface area contributed by atoms with Crippen molar-refractivity contribution in [2.24, 2.45) is 13.0 Å². The second-order valence-corrected chi connectivity index (χ2v) is 11.1. The summed E-state index contributed by atoms with van der Waals surface area (Å²) in [5.41, 5.74) is 5.28. The molecule has 2 N–H and O–H groups in total. The van der Waals surface area contributed by atoms with E-state index in [2.05, 4.69) is 84.4 Å². The summed E-state index contributed by atoms with van der Waals surface area (Å²) >= 11 is 0. The van der Waals surface area contributed by atoms with Crippen molar-refractivity contribution in [3.63, 3.8) is 0 Å². The molecule has 5 rings (SSSR count). The lowest BCUT2D eigenvalue weighted by atomic mass is 9.86. The highest BCUT2D eigenvalue weighted by Crippen LogP contribution is 2.32. The second kappa shape index (κ2) is 9.06. The number of imidazole rings is 1. The van der Waals surface area contributed by atoms with Gasteiger partial charge < -0.3 is 25.0 Å². The van der Waals surface area contributed by atoms with Gasteiger partial charge in [-0.3, -0.25) is 0 Å². The molecule has 0 amide bonds. The molecule has 1 atom stereocenters. The van der Waals surface area contributed by atoms with Crippen molar-refractivity contribution in [1.29, 1.82) is 0 Å². The number of hydrogen-bond acceptors (Lipinski definition) is 7. The van der Waals surface area contributed by atoms with E-state index >= 15 is 0 Å². The van der Waals surface area contributed by atoms with E-state index in [1.165, 1.54) is 11.1 Å². The third-order valence-corrected chi connectivity index (χ3v) is 7.38. The van der Waals surface area contributed by atoms with Crippen molar-refractivity contribution in [2.75, 3.05) is 29.9 Å². The molecule has 186 valence electrons. The number of piperidine rings is 1. The summed E-state index contributed by atoms with van der Waals surface area (Å²) in [6, 6.07) is 6.64. The fourth-order valence-corrected chi connectivity index (χ4v) is 4.96. The summed E-state index contributed by atoms with van der Waals surface area (Å²) in [5.74, 6) is 2.25. The third-order valence-electron chi connectivity index (χ3n) is 7.38. The van der Waals surface area contributed by atoms with Crippen molar-refractivity contribution in [1.82, 2.24) is 29.7 Å². The molecule has 2 aliphatic rings. The maximum atomic E-state index is 5.04. The summed E-state index contributed by atoms with van der Waals surface area (Å²) in [6.45, 7) is 14.1. The molecule has 2 aromatic heterocycles. The van der Waals surface area contributed by atoms with E-state index in [4.69, 9.17) is 9.97 Å². The normalized spacial score (nSPS) is 19.0. The number of aromatic nitrogens is 4. The molecular weight excluding hydrogens is 436 g/mol. The van der Waals surface area contributed by atoms with Crippen LogP contribution in [0.25, 0.3) is 11.2 Å². The fourth-order valence-electron chi connectivity index (χ4n) is 4.96. The highest BCUT2D eigenvalue weighted by Gasteiger charge is 2.26. The van der Waals surface area contributed by atoms with Gasteiger partial charge in [-0.15, -0.1) is 0 Å². The van der Waals surface area contributed by atoms with E-state index in [1.54, 1.807) is 0 Å². The first-order chi connectivity index (χ1) is 16.7. The van der Waals surface area contributed by atoms with Crippen LogP contribution < -0.4 is 15.5 Å². The zero-order valence-corrected chi connectivity index (χ0v) is 21.8. The molecule has 2 aliphatic heterocycles. The number of benzene rings is 1. The standard InChI is InChI=1S/C27H38N8/c1-18-7-8-21(27(3,4)5)15-22(18)30-25-23-24(29-17-33(23)6)31-26(32-25)34-12-9-20(10-13-34)16-35-14-11-28-19(35)2/h7-8,11,14-15,17,19-20,28H,9-10,12-13,16H2,1-6H3,(H,30,31,32). The predicted molar refractivity (Wildman–Crippen MR) is 143 cm³/mol. The van der Waals surface area contributed by atoms with Gasteiger partial charge in [-0.25, -0.2) is 4.98 Å². The van der Waals surface area contributed by atoms with Gasteiger partial charge in [0.2, 0.25) is 5.95 Å². The first kappa shape index (κ1) is 23.5. The van der Waals surface area contributed by atoms with Crippen LogP contribution >= 0.6 is 0 Å². The lowest BCUT2D eigenvalue weighted by Gasteiger charge is -2.35. The van der Waals surface area contributed by atoms with Gasteiger partial charge >= 0.3 is 0 Å². The highest BCUT2D eigenvalue weighted by atomic mass is 15.3. The average molecular weight is 475 g/mol. The van der Waals surface area contributed by atoms with Crippen LogP contribution in [0.4, 0.5) is 17.5 Å². The molecule has 4 heterocycles. The van der Waals surface area contributed by atoms with Crippen molar-refractivity contribution in [3.05, 3.63) is 48.1 Å². The molecule has 1 aromatic carbocycles. The monoisotopic (exact) mass is 474 g/mol. The van der Waals surface area contributed by atoms with Crippen molar-refractivity contribution in [3.8, 4) is 0 Å². The molecule has 0 spiro atoms. The molecule has 8 nitrogen and oxygen atoms in total. The summed E-state index contributed by atoms with van der Waals surface area (Å²) in [5, 5.41) is 6.99. The maximum absolute atomic E-state index is 5.04. The molecule has 0 aliphatic carbocycles. The number of hydrogen-bond donors (Lipinski definition) is 2. The molecule has 3 aromatic rings. The SMILES string of the molecule is Cc1ccc(C(C)(C)C)cc1Nc1nc(N2CCC(CN3C=CNC3C)CC2)nc2ncn(C)c12. The minimum absolute atomic E-state index is 0.0753. The Hall–Kier alpha value is -3.29. The lowest BCUT2D eigenvalue weighted by molar-refractivity contribution is 0.230. The Morgan fingerprint density at radius 1 is 1.14 bits per heavy atom. The molecule has 1 saturated heterocycles. The van der Waals surface area contributed by atoms with Gasteiger partial charge in [0.25, 0.3) is 0 Å². The van der Waals surface area contributed by atoms with E-state index in [1.807, 2.05) is 24.1 Å². The maximum Gasteiger partial charge on any atom is 0.229 e. The van der Waals surface area contributed by atoms with E-state index in [9.17, 15) is 0 Å². The summed E-state index contributed by atoms with van der Waals surface area (Å²) in [7, 11) is 2.00. The minimum atomic E-state index is 0.0753. The molecule has 0 radical (unpaired) electrons. The van der Waals surface area contributed by atoms with Crippen LogP contribution in [0.1, 0.15) is 51.7 Å². The molecule has 1 unspecified atom stereocenters. The van der Waals surface area contributed by atoms with Crippen LogP contribution in [0.15, 0.2) is 36.9 Å². The van der Waals surface area contributed by atoms with E-state index in [0.717, 1.165) is 61.1 Å². The van der Waals surface area contributed by atoms with Gasteiger partial charge in [0.15, 0.2) is 11.5 Å². The molecular formula is C27H38N8. The largest absolute Gasteiger partial charge is 0.370 e. The highest BCUT2D eigenvalue weighted by molar-refractivity contribution is 5.87. The Labute approximate surface area is 208 Å². The zero-order valence-electron chi connectivity index (χ0n) is 21.8. The van der Waals surface area contributed by atoms with Gasteiger partial charge in [-0.1, -0.05) is 32.9 Å². The van der Waals surface area contributed by atoms with Crippen LogP contribution in [0.2, 0.25) is 0 Å². The molecule has 35 heavy (non-hydrogen) atoms. The van der Waals surface area contributed by atoms with Gasteiger partial charge in [0, 0.05) is 44.8 Å². The third kappa shape index (κ3) is 4.79. The van der Waals surface area contributed by atoms with Crippen LogP contribution in [0, 0.1) is 12.8 Å². The first-order valence-corrected chi connectivity index (χ1v) is 12.7. The Kier molecular flexibility index (Phi) is 6.07. The van der Waals surface area contributed by atoms with E-state index in [0.29, 0.717) is 12.1 Å². The fraction of sp³-hybridized carbons (Fsp3) is 0.519. The molecule has 0 saturated carbocycles. The van der Waals surface area contributed by atoms with Crippen LogP contribution in [0.3, 0.4) is 0 Å². The number of nitrogens with zero attached hydrogens (tertiary/aromatic N) is 6. The summed E-state index contributed by atoms with van der Waals surface area (Å²) in [6.07, 6.45) is 8.69. The lowest BCUT2D eigenvalue weighted by Crippen LogP contribution is -2.41. The second-order valence-electron chi connectivity index (χ2n) is 11.1. The van der Waals surface area contributed by atoms with Crippen LogP contribution in [-0.2, 0) is 12.5 Å². The number of aryl methyl sites for hydroxylation is 2. The smallest absolute Gasteiger partial charge is 0.229 e. The van der Waals surface area contributed by atoms with Crippen molar-refractivity contribution < 1.29 is 0 Å². The first-order valence-electron chi connectivity index (χ1n) is 12.7. The summed E-state index contributed by atoms with van der Waals surface area (Å²) < 4.78 is 2.00. The van der Waals surface area contributed by atoms with E-state index < -0.39 is 0 Å². The summed E-state index contributed by atoms with van der Waals surface area (Å²) in [4.78, 5) is 19.2. The number of rotatable bonds is 5. The Bertz CT molecular complexity index is 1230. The van der Waals surface area contributed by atoms with Gasteiger partial charge in [-0.2, -0.15) is 9.97 Å². The van der Waals surface area contributed by atoms with Crippen molar-refractivity contribution >= 4 is 28.6 Å². The molecule has 0 bridgehead atoms. The minimum Gasteiger partial charge on any atom is -0.370 e. The number of fused-ring (bicyclic) bond motifs is 1. The Balaban J connectivity index is 1.39. The van der Waals surface area contributed by atoms with Gasteiger partial charge in [-0.05, 0) is 55.2 Å². The Morgan fingerprint density at radius 3 is 2.60 bits per heavy atom. The zero-order chi connectivity index (χ0) is 24.7. The average Bonchev–Trinajstić information content (AvgIpc) is 3.40. The number of anilines is 3. The molecule has 8 heteroatoms. The van der Waals surface area contributed by atoms with Gasteiger partial charge in [0.05, 0.1) is 12.5 Å². The predicted octanol–water partition coefficient (Wildman–Crippen LogP) is 4.65.